The molecule has 0 aliphatic heterocycles. The van der Waals surface area contributed by atoms with Gasteiger partial charge in [0.2, 0.25) is 0 Å². The Morgan fingerprint density at radius 3 is 2.61 bits per heavy atom. The zero-order chi connectivity index (χ0) is 28.8. The number of nitriles is 1. The smallest absolute Gasteiger partial charge is 0.152 e. The fourth-order valence-electron chi connectivity index (χ4n) is 4.78. The third-order valence-corrected chi connectivity index (χ3v) is 8.29. The maximum absolute atomic E-state index is 8.90. The molecule has 0 unspecified atom stereocenters. The van der Waals surface area contributed by atoms with Gasteiger partial charge in [-0.05, 0) is 88.3 Å². The first-order valence-electron chi connectivity index (χ1n) is 13.1. The minimum atomic E-state index is -0.0828. The zero-order valence-electron chi connectivity index (χ0n) is 23.0. The van der Waals surface area contributed by atoms with Crippen molar-refractivity contribution < 1.29 is 9.47 Å². The van der Waals surface area contributed by atoms with Gasteiger partial charge in [0.25, 0.3) is 0 Å². The number of methoxy groups -OCH3 is 1. The molecule has 206 valence electrons. The highest BCUT2D eigenvalue weighted by molar-refractivity contribution is 7.18. The standard InChI is InChI=1S/C32H28ClN5O2S/c1-4-6-24(18-31-35-36-37-38(31)14-5-13-34)23-7-9-25(10-8-23)40-19-22-16-28-29(20-41-32(28)30(33)17-22)27-12-11-26(39-3)15-21(27)2/h7-12,15-17,20,24H,5,14,18-19H2,1-3H3/t24-/m0/s1. The Morgan fingerprint density at radius 1 is 1.07 bits per heavy atom. The summed E-state index contributed by atoms with van der Waals surface area (Å²) >= 11 is 8.35. The Hall–Kier alpha value is -4.37. The molecule has 5 aromatic rings. The lowest BCUT2D eigenvalue weighted by molar-refractivity contribution is 0.306. The van der Waals surface area contributed by atoms with Crippen molar-refractivity contribution in [2.45, 2.75) is 45.8 Å². The molecular formula is C32H28ClN5O2S. The van der Waals surface area contributed by atoms with Gasteiger partial charge in [-0.25, -0.2) is 4.68 Å². The number of aryl methyl sites for hydroxylation is 2. The molecule has 0 fully saturated rings. The largest absolute Gasteiger partial charge is 0.497 e. The van der Waals surface area contributed by atoms with Gasteiger partial charge < -0.3 is 9.47 Å². The average molecular weight is 582 g/mol. The number of halogens is 1. The van der Waals surface area contributed by atoms with Crippen LogP contribution in [0.2, 0.25) is 5.02 Å². The summed E-state index contributed by atoms with van der Waals surface area (Å²) in [5.41, 5.74) is 5.50. The number of fused-ring (bicyclic) bond motifs is 1. The van der Waals surface area contributed by atoms with Crippen LogP contribution in [0, 0.1) is 30.1 Å². The Kier molecular flexibility index (Phi) is 8.84. The van der Waals surface area contributed by atoms with E-state index < -0.39 is 0 Å². The van der Waals surface area contributed by atoms with E-state index in [1.54, 1.807) is 23.1 Å². The minimum Gasteiger partial charge on any atom is -0.497 e. The molecule has 9 heteroatoms. The van der Waals surface area contributed by atoms with Gasteiger partial charge in [-0.15, -0.1) is 22.4 Å². The normalized spacial score (nSPS) is 11.5. The van der Waals surface area contributed by atoms with E-state index in [4.69, 9.17) is 26.3 Å². The molecule has 0 N–H and O–H groups in total. The van der Waals surface area contributed by atoms with Crippen LogP contribution >= 0.6 is 22.9 Å². The van der Waals surface area contributed by atoms with E-state index in [1.165, 1.54) is 0 Å². The van der Waals surface area contributed by atoms with E-state index in [-0.39, 0.29) is 5.92 Å². The number of nitrogens with zero attached hydrogens (tertiary/aromatic N) is 5. The van der Waals surface area contributed by atoms with Crippen LogP contribution in [0.15, 0.2) is 60.0 Å². The highest BCUT2D eigenvalue weighted by Gasteiger charge is 2.16. The summed E-state index contributed by atoms with van der Waals surface area (Å²) in [7, 11) is 1.68. The van der Waals surface area contributed by atoms with Crippen LogP contribution in [-0.4, -0.2) is 27.3 Å². The van der Waals surface area contributed by atoms with E-state index >= 15 is 0 Å². The summed E-state index contributed by atoms with van der Waals surface area (Å²) in [5, 5.41) is 24.8. The third-order valence-electron chi connectivity index (χ3n) is 6.85. The minimum absolute atomic E-state index is 0.0828. The van der Waals surface area contributed by atoms with E-state index in [2.05, 4.69) is 57.9 Å². The Morgan fingerprint density at radius 2 is 1.88 bits per heavy atom. The highest BCUT2D eigenvalue weighted by atomic mass is 35.5. The fourth-order valence-corrected chi connectivity index (χ4v) is 6.11. The number of benzene rings is 3. The molecule has 41 heavy (non-hydrogen) atoms. The molecule has 0 saturated carbocycles. The van der Waals surface area contributed by atoms with Crippen LogP contribution in [0.4, 0.5) is 0 Å². The number of aromatic nitrogens is 4. The van der Waals surface area contributed by atoms with Crippen LogP contribution < -0.4 is 9.47 Å². The molecule has 2 aromatic heterocycles. The second-order valence-electron chi connectivity index (χ2n) is 9.52. The van der Waals surface area contributed by atoms with Gasteiger partial charge in [-0.2, -0.15) is 5.26 Å². The molecule has 1 atom stereocenters. The quantitative estimate of drug-likeness (QED) is 0.160. The van der Waals surface area contributed by atoms with Gasteiger partial charge in [0.1, 0.15) is 18.1 Å². The monoisotopic (exact) mass is 581 g/mol. The van der Waals surface area contributed by atoms with Gasteiger partial charge in [-0.1, -0.05) is 35.7 Å². The first kappa shape index (κ1) is 28.2. The van der Waals surface area contributed by atoms with E-state index in [1.807, 2.05) is 49.4 Å². The first-order chi connectivity index (χ1) is 20.0. The molecule has 0 aliphatic rings. The summed E-state index contributed by atoms with van der Waals surface area (Å²) in [5.74, 6) is 8.50. The lowest BCUT2D eigenvalue weighted by Gasteiger charge is -2.13. The molecule has 0 saturated heterocycles. The molecule has 0 amide bonds. The maximum atomic E-state index is 8.90. The summed E-state index contributed by atoms with van der Waals surface area (Å²) < 4.78 is 14.3. The van der Waals surface area contributed by atoms with Crippen LogP contribution in [0.5, 0.6) is 11.5 Å². The molecule has 0 spiro atoms. The number of thiophene rings is 1. The first-order valence-corrected chi connectivity index (χ1v) is 14.4. The van der Waals surface area contributed by atoms with Gasteiger partial charge in [0.05, 0.1) is 41.8 Å². The lowest BCUT2D eigenvalue weighted by Crippen LogP contribution is -2.10. The summed E-state index contributed by atoms with van der Waals surface area (Å²) in [6.45, 7) is 4.75. The van der Waals surface area contributed by atoms with Crippen LogP contribution in [-0.2, 0) is 19.6 Å². The SMILES string of the molecule is CC#C[C@@H](Cc1nnnn1CCC#N)c1ccc(OCc2cc(Cl)c3scc(-c4ccc(OC)cc4C)c3c2)cc1. The van der Waals surface area contributed by atoms with E-state index in [0.29, 0.717) is 31.8 Å². The molecule has 5 rings (SSSR count). The average Bonchev–Trinajstić information content (AvgIpc) is 3.62. The van der Waals surface area contributed by atoms with Gasteiger partial charge in [-0.3, -0.25) is 0 Å². The Bertz CT molecular complexity index is 1780. The van der Waals surface area contributed by atoms with Crippen molar-refractivity contribution in [3.05, 3.63) is 87.5 Å². The number of ether oxygens (including phenoxy) is 2. The second kappa shape index (κ2) is 12.9. The van der Waals surface area contributed by atoms with Crippen LogP contribution in [0.25, 0.3) is 21.2 Å². The van der Waals surface area contributed by atoms with Crippen molar-refractivity contribution >= 4 is 33.0 Å². The Balaban J connectivity index is 1.32. The second-order valence-corrected chi connectivity index (χ2v) is 10.8. The molecule has 3 aromatic carbocycles. The lowest BCUT2D eigenvalue weighted by atomic mass is 9.95. The molecule has 0 radical (unpaired) electrons. The van der Waals surface area contributed by atoms with Gasteiger partial charge in [0.15, 0.2) is 5.82 Å². The van der Waals surface area contributed by atoms with Crippen molar-refractivity contribution in [2.75, 3.05) is 7.11 Å². The number of hydrogen-bond acceptors (Lipinski definition) is 7. The highest BCUT2D eigenvalue weighted by Crippen LogP contribution is 2.40. The summed E-state index contributed by atoms with van der Waals surface area (Å²) in [6.07, 6.45) is 0.899. The van der Waals surface area contributed by atoms with Crippen molar-refractivity contribution in [3.8, 4) is 40.5 Å². The zero-order valence-corrected chi connectivity index (χ0v) is 24.6. The van der Waals surface area contributed by atoms with E-state index in [0.717, 1.165) is 54.4 Å². The third kappa shape index (κ3) is 6.36. The van der Waals surface area contributed by atoms with Crippen molar-refractivity contribution in [2.24, 2.45) is 0 Å². The number of tetrazole rings is 1. The van der Waals surface area contributed by atoms with Crippen molar-refractivity contribution in [3.63, 3.8) is 0 Å². The molecule has 7 nitrogen and oxygen atoms in total. The summed E-state index contributed by atoms with van der Waals surface area (Å²) in [6, 6.07) is 20.3. The van der Waals surface area contributed by atoms with Gasteiger partial charge in [0, 0.05) is 17.4 Å². The topological polar surface area (TPSA) is 85.9 Å². The van der Waals surface area contributed by atoms with Crippen molar-refractivity contribution in [1.29, 1.82) is 5.26 Å². The predicted octanol–water partition coefficient (Wildman–Crippen LogP) is 7.37. The Labute approximate surface area is 248 Å². The molecule has 0 bridgehead atoms. The number of rotatable bonds is 10. The van der Waals surface area contributed by atoms with E-state index in [9.17, 15) is 0 Å². The summed E-state index contributed by atoms with van der Waals surface area (Å²) in [4.78, 5) is 0. The molecular weight excluding hydrogens is 554 g/mol. The predicted molar refractivity (Wildman–Crippen MR) is 162 cm³/mol. The fraction of sp³-hybridized carbons (Fsp3) is 0.250. The number of hydrogen-bond donors (Lipinski definition) is 0. The van der Waals surface area contributed by atoms with Gasteiger partial charge >= 0.3 is 0 Å². The van der Waals surface area contributed by atoms with Crippen LogP contribution in [0.3, 0.4) is 0 Å². The van der Waals surface area contributed by atoms with Crippen LogP contribution in [0.1, 0.15) is 41.8 Å². The molecule has 2 heterocycles. The maximum Gasteiger partial charge on any atom is 0.152 e. The molecule has 0 aliphatic carbocycles. The van der Waals surface area contributed by atoms with Crippen molar-refractivity contribution in [1.82, 2.24) is 20.2 Å².